The Labute approximate surface area is 644 Å². The van der Waals surface area contributed by atoms with Gasteiger partial charge in [0.15, 0.2) is 5.78 Å². The van der Waals surface area contributed by atoms with Crippen LogP contribution < -0.4 is 0 Å². The van der Waals surface area contributed by atoms with Gasteiger partial charge in [0.2, 0.25) is 0 Å². The largest absolute Gasteiger partial charge is 0.289 e. The van der Waals surface area contributed by atoms with Crippen LogP contribution in [-0.2, 0) is 0 Å². The summed E-state index contributed by atoms with van der Waals surface area (Å²) in [5.74, 6) is -0.0810. The molecule has 0 heterocycles. The average molecular weight is 1400 g/mol. The van der Waals surface area contributed by atoms with Crippen LogP contribution in [0, 0.1) is 0 Å². The van der Waals surface area contributed by atoms with Crippen LogP contribution in [-0.4, -0.2) is 5.78 Å². The van der Waals surface area contributed by atoms with Crippen LogP contribution in [0.3, 0.4) is 0 Å². The molecule has 0 aliphatic carbocycles. The summed E-state index contributed by atoms with van der Waals surface area (Å²) < 4.78 is 0. The second kappa shape index (κ2) is 30.6. The number of benzene rings is 18. The van der Waals surface area contributed by atoms with Crippen molar-refractivity contribution < 1.29 is 4.79 Å². The molecule has 0 bridgehead atoms. The summed E-state index contributed by atoms with van der Waals surface area (Å²) >= 11 is 0. The second-order valence-corrected chi connectivity index (χ2v) is 28.4. The molecule has 0 fully saturated rings. The summed E-state index contributed by atoms with van der Waals surface area (Å²) in [6, 6.07) is 161. The zero-order chi connectivity index (χ0) is 73.5. The molecule has 0 radical (unpaired) electrons. The third kappa shape index (κ3) is 14.7. The van der Waals surface area contributed by atoms with Gasteiger partial charge in [-0.2, -0.15) is 0 Å². The molecule has 0 N–H and O–H groups in total. The first kappa shape index (κ1) is 67.5. The molecule has 0 saturated heterocycles. The van der Waals surface area contributed by atoms with E-state index in [0.717, 1.165) is 134 Å². The Kier molecular flexibility index (Phi) is 18.8. The molecule has 0 aromatic heterocycles. The molecule has 0 amide bonds. The zero-order valence-corrected chi connectivity index (χ0v) is 60.6. The standard InChI is InChI=1S/C109H74O/c110-109(107-71-103(99-53-21-49-95(65-99)91-45-17-41-87(61-91)83-37-13-33-79(57-83)75-25-5-1-6-26-75)69-104(72-107)100-54-22-50-96(66-100)92-46-18-42-88(62-92)84-38-14-34-80(58-84)76-27-7-2-8-28-76)108-73-105(101-55-23-51-97(67-101)93-47-19-43-89(63-93)85-39-15-35-81(59-85)77-29-9-3-10-30-77)70-106(74-108)102-56-24-52-98(68-102)94-48-20-44-90(64-94)86-40-16-36-82(60-86)78-31-11-4-12-32-78/h1-74H. The van der Waals surface area contributed by atoms with Gasteiger partial charge in [-0.3, -0.25) is 4.79 Å². The van der Waals surface area contributed by atoms with Crippen LogP contribution in [0.5, 0.6) is 0 Å². The van der Waals surface area contributed by atoms with Gasteiger partial charge in [-0.15, -0.1) is 0 Å². The molecule has 0 saturated carbocycles. The first-order valence-corrected chi connectivity index (χ1v) is 37.7. The summed E-state index contributed by atoms with van der Waals surface area (Å²) in [4.78, 5) is 16.5. The van der Waals surface area contributed by atoms with E-state index in [4.69, 9.17) is 0 Å². The van der Waals surface area contributed by atoms with E-state index < -0.39 is 0 Å². The van der Waals surface area contributed by atoms with Crippen LogP contribution in [0.15, 0.2) is 449 Å². The Morgan fingerprint density at radius 2 is 0.200 bits per heavy atom. The van der Waals surface area contributed by atoms with Crippen LogP contribution in [0.2, 0.25) is 0 Å². The molecular formula is C109H74O. The second-order valence-electron chi connectivity index (χ2n) is 28.4. The van der Waals surface area contributed by atoms with Crippen molar-refractivity contribution in [3.63, 3.8) is 0 Å². The van der Waals surface area contributed by atoms with Crippen molar-refractivity contribution in [2.45, 2.75) is 0 Å². The molecular weight excluding hydrogens is 1330 g/mol. The number of carbonyl (C=O) groups is 1. The van der Waals surface area contributed by atoms with Crippen LogP contribution in [0.4, 0.5) is 0 Å². The highest BCUT2D eigenvalue weighted by atomic mass is 16.1. The third-order valence-electron chi connectivity index (χ3n) is 21.2. The summed E-state index contributed by atoms with van der Waals surface area (Å²) in [7, 11) is 0. The number of rotatable bonds is 18. The van der Waals surface area contributed by atoms with Gasteiger partial charge in [0.25, 0.3) is 0 Å². The Bertz CT molecular complexity index is 5640. The maximum absolute atomic E-state index is 16.5. The topological polar surface area (TPSA) is 17.1 Å². The fourth-order valence-electron chi connectivity index (χ4n) is 15.4. The molecule has 1 nitrogen and oxygen atoms in total. The molecule has 0 spiro atoms. The molecule has 18 aromatic rings. The molecule has 110 heavy (non-hydrogen) atoms. The van der Waals surface area contributed by atoms with Gasteiger partial charge < -0.3 is 0 Å². The maximum atomic E-state index is 16.5. The smallest absolute Gasteiger partial charge is 0.193 e. The van der Waals surface area contributed by atoms with Gasteiger partial charge in [0, 0.05) is 11.1 Å². The van der Waals surface area contributed by atoms with Gasteiger partial charge >= 0.3 is 0 Å². The molecule has 18 rings (SSSR count). The van der Waals surface area contributed by atoms with Crippen molar-refractivity contribution in [3.8, 4) is 178 Å². The van der Waals surface area contributed by atoms with E-state index in [9.17, 15) is 0 Å². The van der Waals surface area contributed by atoms with E-state index in [1.165, 1.54) is 44.5 Å². The fraction of sp³-hybridized carbons (Fsp3) is 0. The fourth-order valence-corrected chi connectivity index (χ4v) is 15.4. The summed E-state index contributed by atoms with van der Waals surface area (Å²) in [6.45, 7) is 0. The summed E-state index contributed by atoms with van der Waals surface area (Å²) in [6.07, 6.45) is 0. The SMILES string of the molecule is O=C(c1cc(-c2cccc(-c3cccc(-c4cccc(-c5ccccc5)c4)c3)c2)cc(-c2cccc(-c3cccc(-c4cccc(-c5ccccc5)c4)c3)c2)c1)c1cc(-c2cccc(-c3cccc(-c4cccc(-c5ccccc5)c4)c3)c2)cc(-c2cccc(-c3cccc(-c4cccc(-c5ccccc5)c4)c3)c2)c1. The average Bonchev–Trinajstić information content (AvgIpc) is 0.772. The van der Waals surface area contributed by atoms with E-state index in [2.05, 4.69) is 449 Å². The van der Waals surface area contributed by atoms with Crippen molar-refractivity contribution >= 4 is 5.78 Å². The normalized spacial score (nSPS) is 11.1. The predicted molar refractivity (Wildman–Crippen MR) is 463 cm³/mol. The van der Waals surface area contributed by atoms with Crippen molar-refractivity contribution in [3.05, 3.63) is 460 Å². The molecule has 0 atom stereocenters. The summed E-state index contributed by atoms with van der Waals surface area (Å²) in [5.41, 5.74) is 36.2. The summed E-state index contributed by atoms with van der Waals surface area (Å²) in [5, 5.41) is 0. The van der Waals surface area contributed by atoms with Gasteiger partial charge in [-0.25, -0.2) is 0 Å². The minimum absolute atomic E-state index is 0.0810. The van der Waals surface area contributed by atoms with Gasteiger partial charge in [0.05, 0.1) is 0 Å². The van der Waals surface area contributed by atoms with Crippen LogP contribution in [0.25, 0.3) is 178 Å². The number of carbonyl (C=O) groups excluding carboxylic acids is 1. The highest BCUT2D eigenvalue weighted by Crippen LogP contribution is 2.41. The maximum Gasteiger partial charge on any atom is 0.193 e. The minimum atomic E-state index is -0.0810. The third-order valence-corrected chi connectivity index (χ3v) is 21.2. The van der Waals surface area contributed by atoms with Gasteiger partial charge in [-0.1, -0.05) is 340 Å². The zero-order valence-electron chi connectivity index (χ0n) is 60.6. The highest BCUT2D eigenvalue weighted by molar-refractivity contribution is 6.12. The van der Waals surface area contributed by atoms with Gasteiger partial charge in [0.1, 0.15) is 0 Å². The molecule has 516 valence electrons. The highest BCUT2D eigenvalue weighted by Gasteiger charge is 2.20. The lowest BCUT2D eigenvalue weighted by Gasteiger charge is -2.15. The molecule has 0 unspecified atom stereocenters. The van der Waals surface area contributed by atoms with Crippen LogP contribution >= 0.6 is 0 Å². The van der Waals surface area contributed by atoms with E-state index >= 15 is 4.79 Å². The Morgan fingerprint density at radius 3 is 0.336 bits per heavy atom. The lowest BCUT2D eigenvalue weighted by molar-refractivity contribution is 0.103. The Balaban J connectivity index is 0.754. The first-order valence-electron chi connectivity index (χ1n) is 37.7. The Hall–Kier alpha value is -14.4. The van der Waals surface area contributed by atoms with E-state index in [1.54, 1.807) is 0 Å². The number of hydrogen-bond acceptors (Lipinski definition) is 1. The van der Waals surface area contributed by atoms with Crippen molar-refractivity contribution in [2.24, 2.45) is 0 Å². The quantitative estimate of drug-likeness (QED) is 0.0783. The van der Waals surface area contributed by atoms with Crippen LogP contribution in [0.1, 0.15) is 15.9 Å². The van der Waals surface area contributed by atoms with E-state index in [0.29, 0.717) is 11.1 Å². The lowest BCUT2D eigenvalue weighted by atomic mass is 9.88. The monoisotopic (exact) mass is 1400 g/mol. The predicted octanol–water partition coefficient (Wildman–Crippen LogP) is 29.6. The Morgan fingerprint density at radius 1 is 0.100 bits per heavy atom. The minimum Gasteiger partial charge on any atom is -0.289 e. The van der Waals surface area contributed by atoms with E-state index in [1.807, 2.05) is 0 Å². The molecule has 18 aromatic carbocycles. The molecule has 0 aliphatic heterocycles. The van der Waals surface area contributed by atoms with Crippen molar-refractivity contribution in [1.29, 1.82) is 0 Å². The molecule has 0 aliphatic rings. The molecule has 1 heteroatoms. The lowest BCUT2D eigenvalue weighted by Crippen LogP contribution is -2.03. The first-order chi connectivity index (χ1) is 54.3. The van der Waals surface area contributed by atoms with Gasteiger partial charge in [-0.05, 0) is 287 Å². The van der Waals surface area contributed by atoms with E-state index in [-0.39, 0.29) is 5.78 Å². The number of ketones is 1. The van der Waals surface area contributed by atoms with Crippen molar-refractivity contribution in [2.75, 3.05) is 0 Å². The number of hydrogen-bond donors (Lipinski definition) is 0. The van der Waals surface area contributed by atoms with Crippen molar-refractivity contribution in [1.82, 2.24) is 0 Å².